The largest absolute Gasteiger partial charge is 0.481 e. The first-order chi connectivity index (χ1) is 11.3. The summed E-state index contributed by atoms with van der Waals surface area (Å²) in [4.78, 5) is 19.8. The standard InChI is InChI=1S/C6H10O4.C6H14O2.C4H10O2/c7-5(8)3-1-2-4-6(9)10;1-6(2-4-7)3-5-8;5-3-1-2-4-6/h1-4H2,(H,7,8)(H,9,10);6-8H,2-5H2,1H3;5-6H,1-4H2. The fraction of sp³-hybridized carbons (Fsp3) is 0.875. The molecule has 0 saturated carbocycles. The van der Waals surface area contributed by atoms with Crippen LogP contribution < -0.4 is 0 Å². The van der Waals surface area contributed by atoms with Crippen LogP contribution in [0.3, 0.4) is 0 Å². The Morgan fingerprint density at radius 1 is 0.667 bits per heavy atom. The van der Waals surface area contributed by atoms with Gasteiger partial charge in [-0.2, -0.15) is 0 Å². The van der Waals surface area contributed by atoms with E-state index in [0.29, 0.717) is 18.8 Å². The molecular weight excluding hydrogens is 320 g/mol. The quantitative estimate of drug-likeness (QED) is 0.282. The number of carboxylic acids is 2. The van der Waals surface area contributed by atoms with Gasteiger partial charge in [-0.1, -0.05) is 6.92 Å². The summed E-state index contributed by atoms with van der Waals surface area (Å²) in [7, 11) is 0. The summed E-state index contributed by atoms with van der Waals surface area (Å²) in [5, 5.41) is 49.2. The Morgan fingerprint density at radius 3 is 1.21 bits per heavy atom. The van der Waals surface area contributed by atoms with Gasteiger partial charge in [0.05, 0.1) is 0 Å². The van der Waals surface area contributed by atoms with E-state index in [1.165, 1.54) is 0 Å². The molecule has 8 nitrogen and oxygen atoms in total. The maximum Gasteiger partial charge on any atom is 0.303 e. The number of aliphatic hydroxyl groups is 4. The SMILES string of the molecule is CC(CCO)CCO.O=C(O)CCCCC(=O)O.OCCCCO. The normalized spacial score (nSPS) is 9.58. The Hall–Kier alpha value is -1.22. The first-order valence-electron chi connectivity index (χ1n) is 8.22. The number of carbonyl (C=O) groups is 2. The second-order valence-electron chi connectivity index (χ2n) is 5.28. The zero-order valence-corrected chi connectivity index (χ0v) is 14.6. The van der Waals surface area contributed by atoms with Crippen LogP contribution in [-0.2, 0) is 9.59 Å². The van der Waals surface area contributed by atoms with Crippen molar-refractivity contribution in [1.82, 2.24) is 0 Å². The van der Waals surface area contributed by atoms with Crippen LogP contribution in [0, 0.1) is 5.92 Å². The molecule has 0 fully saturated rings. The highest BCUT2D eigenvalue weighted by Gasteiger charge is 1.99. The minimum Gasteiger partial charge on any atom is -0.481 e. The van der Waals surface area contributed by atoms with Gasteiger partial charge in [0.1, 0.15) is 0 Å². The van der Waals surface area contributed by atoms with Gasteiger partial charge in [-0.05, 0) is 44.4 Å². The summed E-state index contributed by atoms with van der Waals surface area (Å²) in [5.74, 6) is -1.28. The lowest BCUT2D eigenvalue weighted by Crippen LogP contribution is -1.99. The third kappa shape index (κ3) is 37.2. The third-order valence-electron chi connectivity index (χ3n) is 2.84. The number of hydrogen-bond acceptors (Lipinski definition) is 6. The molecule has 146 valence electrons. The summed E-state index contributed by atoms with van der Waals surface area (Å²) < 4.78 is 0. The fourth-order valence-corrected chi connectivity index (χ4v) is 1.36. The Bertz CT molecular complexity index is 245. The van der Waals surface area contributed by atoms with Crippen LogP contribution in [0.1, 0.15) is 58.3 Å². The molecule has 0 bridgehead atoms. The van der Waals surface area contributed by atoms with Crippen LogP contribution in [0.5, 0.6) is 0 Å². The van der Waals surface area contributed by atoms with Crippen LogP contribution >= 0.6 is 0 Å². The van der Waals surface area contributed by atoms with E-state index in [2.05, 4.69) is 0 Å². The highest BCUT2D eigenvalue weighted by atomic mass is 16.4. The molecular formula is C16H34O8. The summed E-state index contributed by atoms with van der Waals surface area (Å²) in [6, 6.07) is 0. The molecule has 0 aromatic rings. The van der Waals surface area contributed by atoms with E-state index < -0.39 is 11.9 Å². The molecule has 0 spiro atoms. The van der Waals surface area contributed by atoms with Crippen LogP contribution in [0.4, 0.5) is 0 Å². The molecule has 24 heavy (non-hydrogen) atoms. The Kier molecular flexibility index (Phi) is 27.7. The van der Waals surface area contributed by atoms with Gasteiger partial charge in [0, 0.05) is 39.3 Å². The summed E-state index contributed by atoms with van der Waals surface area (Å²) in [5.41, 5.74) is 0. The fourth-order valence-electron chi connectivity index (χ4n) is 1.36. The smallest absolute Gasteiger partial charge is 0.303 e. The highest BCUT2D eigenvalue weighted by molar-refractivity contribution is 5.67. The van der Waals surface area contributed by atoms with Crippen molar-refractivity contribution in [2.45, 2.75) is 58.3 Å². The van der Waals surface area contributed by atoms with E-state index in [1.54, 1.807) is 0 Å². The summed E-state index contributed by atoms with van der Waals surface area (Å²) >= 11 is 0. The van der Waals surface area contributed by atoms with Crippen molar-refractivity contribution < 1.29 is 40.2 Å². The molecule has 0 aromatic heterocycles. The van der Waals surface area contributed by atoms with Gasteiger partial charge in [0.15, 0.2) is 0 Å². The van der Waals surface area contributed by atoms with E-state index in [0.717, 1.165) is 25.7 Å². The molecule has 0 radical (unpaired) electrons. The molecule has 0 amide bonds. The van der Waals surface area contributed by atoms with Gasteiger partial charge < -0.3 is 30.6 Å². The van der Waals surface area contributed by atoms with E-state index >= 15 is 0 Å². The Balaban J connectivity index is -0.000000285. The number of unbranched alkanes of at least 4 members (excludes halogenated alkanes) is 2. The number of hydrogen-bond donors (Lipinski definition) is 6. The predicted octanol–water partition coefficient (Wildman–Crippen LogP) is 0.854. The van der Waals surface area contributed by atoms with Gasteiger partial charge in [-0.3, -0.25) is 9.59 Å². The number of aliphatic carboxylic acids is 2. The van der Waals surface area contributed by atoms with Crippen molar-refractivity contribution in [1.29, 1.82) is 0 Å². The lowest BCUT2D eigenvalue weighted by molar-refractivity contribution is -0.139. The van der Waals surface area contributed by atoms with Gasteiger partial charge in [0.25, 0.3) is 0 Å². The molecule has 0 atom stereocenters. The Labute approximate surface area is 143 Å². The molecule has 8 heteroatoms. The highest BCUT2D eigenvalue weighted by Crippen LogP contribution is 2.04. The average molecular weight is 354 g/mol. The summed E-state index contributed by atoms with van der Waals surface area (Å²) in [6.07, 6.45) is 4.07. The van der Waals surface area contributed by atoms with E-state index in [-0.39, 0.29) is 39.3 Å². The van der Waals surface area contributed by atoms with E-state index in [1.807, 2.05) is 6.92 Å². The number of rotatable bonds is 12. The van der Waals surface area contributed by atoms with Crippen LogP contribution in [0.15, 0.2) is 0 Å². The topological polar surface area (TPSA) is 156 Å². The zero-order chi connectivity index (χ0) is 19.2. The molecule has 0 rings (SSSR count). The lowest BCUT2D eigenvalue weighted by atomic mass is 10.1. The number of carboxylic acid groups (broad SMARTS) is 2. The van der Waals surface area contributed by atoms with Crippen molar-refractivity contribution in [2.24, 2.45) is 5.92 Å². The predicted molar refractivity (Wildman–Crippen MR) is 89.7 cm³/mol. The molecule has 0 unspecified atom stereocenters. The van der Waals surface area contributed by atoms with Crippen LogP contribution in [-0.4, -0.2) is 69.0 Å². The molecule has 0 heterocycles. The number of aliphatic hydroxyl groups excluding tert-OH is 4. The second kappa shape index (κ2) is 24.0. The second-order valence-corrected chi connectivity index (χ2v) is 5.28. The first kappa shape index (κ1) is 27.6. The molecule has 0 aromatic carbocycles. The molecule has 6 N–H and O–H groups in total. The minimum absolute atomic E-state index is 0.0628. The third-order valence-corrected chi connectivity index (χ3v) is 2.84. The van der Waals surface area contributed by atoms with Crippen molar-refractivity contribution in [3.8, 4) is 0 Å². The Morgan fingerprint density at radius 2 is 1.00 bits per heavy atom. The maximum absolute atomic E-state index is 9.90. The van der Waals surface area contributed by atoms with Crippen molar-refractivity contribution >= 4 is 11.9 Å². The first-order valence-corrected chi connectivity index (χ1v) is 8.22. The zero-order valence-electron chi connectivity index (χ0n) is 14.6. The van der Waals surface area contributed by atoms with Crippen LogP contribution in [0.2, 0.25) is 0 Å². The minimum atomic E-state index is -0.870. The van der Waals surface area contributed by atoms with Gasteiger partial charge in [-0.15, -0.1) is 0 Å². The van der Waals surface area contributed by atoms with Crippen molar-refractivity contribution in [3.63, 3.8) is 0 Å². The van der Waals surface area contributed by atoms with Crippen LogP contribution in [0.25, 0.3) is 0 Å². The molecule has 0 aliphatic rings. The molecule has 0 aliphatic carbocycles. The van der Waals surface area contributed by atoms with E-state index in [9.17, 15) is 9.59 Å². The maximum atomic E-state index is 9.90. The van der Waals surface area contributed by atoms with Crippen molar-refractivity contribution in [2.75, 3.05) is 26.4 Å². The molecule has 0 saturated heterocycles. The lowest BCUT2D eigenvalue weighted by Gasteiger charge is -2.04. The monoisotopic (exact) mass is 354 g/mol. The summed E-state index contributed by atoms with van der Waals surface area (Å²) in [6.45, 7) is 2.88. The van der Waals surface area contributed by atoms with Gasteiger partial charge in [-0.25, -0.2) is 0 Å². The van der Waals surface area contributed by atoms with E-state index in [4.69, 9.17) is 30.6 Å². The van der Waals surface area contributed by atoms with Gasteiger partial charge >= 0.3 is 11.9 Å². The molecule has 0 aliphatic heterocycles. The van der Waals surface area contributed by atoms with Gasteiger partial charge in [0.2, 0.25) is 0 Å². The van der Waals surface area contributed by atoms with Crippen molar-refractivity contribution in [3.05, 3.63) is 0 Å². The average Bonchev–Trinajstić information content (AvgIpc) is 2.51.